The summed E-state index contributed by atoms with van der Waals surface area (Å²) in [6, 6.07) is 0. The molecule has 0 aromatic carbocycles. The number of thiazole rings is 1. The molecule has 0 unspecified atom stereocenters. The van der Waals surface area contributed by atoms with E-state index >= 15 is 0 Å². The molecule has 6 nitrogen and oxygen atoms in total. The summed E-state index contributed by atoms with van der Waals surface area (Å²) in [7, 11) is 0. The fourth-order valence-corrected chi connectivity index (χ4v) is 1.16. The van der Waals surface area contributed by atoms with Crippen LogP contribution in [0.4, 0.5) is 5.13 Å². The second kappa shape index (κ2) is 3.18. The maximum atomic E-state index is 10.5. The first-order valence-electron chi connectivity index (χ1n) is 2.84. The van der Waals surface area contributed by atoms with Crippen molar-refractivity contribution in [3.63, 3.8) is 0 Å². The van der Waals surface area contributed by atoms with Crippen LogP contribution in [-0.4, -0.2) is 21.8 Å². The molecule has 1 aromatic rings. The van der Waals surface area contributed by atoms with Gasteiger partial charge in [0, 0.05) is 5.38 Å². The van der Waals surface area contributed by atoms with Crippen molar-refractivity contribution in [1.82, 2.24) is 10.7 Å². The lowest BCUT2D eigenvalue weighted by atomic mass is 10.3. The van der Waals surface area contributed by atoms with E-state index in [1.165, 1.54) is 5.38 Å². The summed E-state index contributed by atoms with van der Waals surface area (Å²) in [5, 5.41) is 12.7. The Morgan fingerprint density at radius 2 is 2.50 bits per heavy atom. The van der Waals surface area contributed by atoms with E-state index in [4.69, 9.17) is 16.7 Å². The molecule has 1 radical (unpaired) electrons. The first kappa shape index (κ1) is 8.47. The van der Waals surface area contributed by atoms with Crippen molar-refractivity contribution in [2.75, 3.05) is 5.73 Å². The standard InChI is InChI=1S/C5H5N4O2S/c6-4(10)3(9-11)2-1-12-5(7)8-2/h1,6,11H,(H2,7,8). The molecule has 0 atom stereocenters. The van der Waals surface area contributed by atoms with E-state index in [9.17, 15) is 4.79 Å². The van der Waals surface area contributed by atoms with Gasteiger partial charge in [-0.05, 0) is 0 Å². The third kappa shape index (κ3) is 1.51. The number of anilines is 1. The number of hydrogen-bond acceptors (Lipinski definition) is 6. The van der Waals surface area contributed by atoms with Crippen LogP contribution < -0.4 is 11.5 Å². The summed E-state index contributed by atoms with van der Waals surface area (Å²) < 4.78 is 0. The van der Waals surface area contributed by atoms with Gasteiger partial charge in [0.15, 0.2) is 10.8 Å². The molecule has 0 saturated heterocycles. The molecule has 0 aliphatic rings. The van der Waals surface area contributed by atoms with Crippen LogP contribution in [0, 0.1) is 0 Å². The normalized spacial score (nSPS) is 11.5. The Morgan fingerprint density at radius 3 is 2.83 bits per heavy atom. The average Bonchev–Trinajstić information content (AvgIpc) is 2.37. The molecule has 0 spiro atoms. The van der Waals surface area contributed by atoms with Gasteiger partial charge in [-0.1, -0.05) is 5.16 Å². The Hall–Kier alpha value is -1.63. The second-order valence-corrected chi connectivity index (χ2v) is 2.74. The van der Waals surface area contributed by atoms with E-state index in [2.05, 4.69) is 10.1 Å². The highest BCUT2D eigenvalue weighted by atomic mass is 32.1. The molecule has 63 valence electrons. The van der Waals surface area contributed by atoms with Crippen molar-refractivity contribution < 1.29 is 10.0 Å². The number of nitrogens with one attached hydrogen (secondary N) is 1. The predicted molar refractivity (Wildman–Crippen MR) is 43.0 cm³/mol. The minimum Gasteiger partial charge on any atom is -0.410 e. The van der Waals surface area contributed by atoms with E-state index in [0.717, 1.165) is 11.3 Å². The third-order valence-electron chi connectivity index (χ3n) is 1.08. The number of rotatable bonds is 2. The molecule has 12 heavy (non-hydrogen) atoms. The van der Waals surface area contributed by atoms with Crippen LogP contribution in [0.2, 0.25) is 0 Å². The molecule has 1 heterocycles. The highest BCUT2D eigenvalue weighted by Crippen LogP contribution is 2.11. The van der Waals surface area contributed by atoms with Crippen LogP contribution >= 0.6 is 11.3 Å². The van der Waals surface area contributed by atoms with Crippen molar-refractivity contribution in [1.29, 1.82) is 0 Å². The fourth-order valence-electron chi connectivity index (χ4n) is 0.609. The maximum Gasteiger partial charge on any atom is 0.294 e. The van der Waals surface area contributed by atoms with Gasteiger partial charge in [-0.15, -0.1) is 11.3 Å². The van der Waals surface area contributed by atoms with E-state index in [1.54, 1.807) is 0 Å². The van der Waals surface area contributed by atoms with Crippen LogP contribution in [-0.2, 0) is 4.79 Å². The lowest BCUT2D eigenvalue weighted by Crippen LogP contribution is -2.16. The third-order valence-corrected chi connectivity index (χ3v) is 1.75. The lowest BCUT2D eigenvalue weighted by Gasteiger charge is -1.90. The van der Waals surface area contributed by atoms with Gasteiger partial charge in [0.05, 0.1) is 0 Å². The minimum atomic E-state index is -1.09. The van der Waals surface area contributed by atoms with Gasteiger partial charge in [-0.3, -0.25) is 10.5 Å². The van der Waals surface area contributed by atoms with Crippen molar-refractivity contribution >= 4 is 28.1 Å². The molecule has 0 saturated carbocycles. The van der Waals surface area contributed by atoms with E-state index in [0.29, 0.717) is 0 Å². The molecule has 0 fully saturated rings. The zero-order valence-electron chi connectivity index (χ0n) is 5.81. The number of hydrogen-bond donors (Lipinski definition) is 2. The van der Waals surface area contributed by atoms with Gasteiger partial charge < -0.3 is 10.9 Å². The summed E-state index contributed by atoms with van der Waals surface area (Å²) in [6.07, 6.45) is 0. The molecular weight excluding hydrogens is 180 g/mol. The molecule has 0 aliphatic carbocycles. The highest BCUT2D eigenvalue weighted by molar-refractivity contribution is 7.13. The molecule has 1 rings (SSSR count). The summed E-state index contributed by atoms with van der Waals surface area (Å²) >= 11 is 1.10. The second-order valence-electron chi connectivity index (χ2n) is 1.85. The molecule has 1 amide bonds. The zero-order chi connectivity index (χ0) is 9.14. The fraction of sp³-hybridized carbons (Fsp3) is 0. The van der Waals surface area contributed by atoms with E-state index < -0.39 is 11.6 Å². The number of oxime groups is 1. The van der Waals surface area contributed by atoms with Crippen LogP contribution in [0.1, 0.15) is 5.69 Å². The molecular formula is C5H5N4O2S. The summed E-state index contributed by atoms with van der Waals surface area (Å²) in [6.45, 7) is 0. The van der Waals surface area contributed by atoms with Crippen LogP contribution in [0.15, 0.2) is 10.5 Å². The van der Waals surface area contributed by atoms with Crippen molar-refractivity contribution in [3.8, 4) is 0 Å². The van der Waals surface area contributed by atoms with E-state index in [-0.39, 0.29) is 10.8 Å². The van der Waals surface area contributed by atoms with Gasteiger partial charge in [0.2, 0.25) is 0 Å². The van der Waals surface area contributed by atoms with Crippen LogP contribution in [0.5, 0.6) is 0 Å². The van der Waals surface area contributed by atoms with Gasteiger partial charge in [0.1, 0.15) is 5.69 Å². The minimum absolute atomic E-state index is 0.125. The van der Waals surface area contributed by atoms with E-state index in [1.807, 2.05) is 0 Å². The predicted octanol–water partition coefficient (Wildman–Crippen LogP) is -0.287. The Labute approximate surface area is 71.5 Å². The molecule has 4 N–H and O–H groups in total. The molecule has 1 aromatic heterocycles. The van der Waals surface area contributed by atoms with Crippen LogP contribution in [0.3, 0.4) is 0 Å². The quantitative estimate of drug-likeness (QED) is 0.374. The topological polar surface area (TPSA) is 112 Å². The molecule has 0 aliphatic heterocycles. The Balaban J connectivity index is 3.04. The lowest BCUT2D eigenvalue weighted by molar-refractivity contribution is -0.112. The van der Waals surface area contributed by atoms with Gasteiger partial charge in [-0.2, -0.15) is 0 Å². The van der Waals surface area contributed by atoms with Crippen molar-refractivity contribution in [3.05, 3.63) is 11.1 Å². The Bertz CT molecular complexity index is 332. The van der Waals surface area contributed by atoms with Gasteiger partial charge in [-0.25, -0.2) is 4.98 Å². The number of nitrogen functional groups attached to an aromatic ring is 1. The Morgan fingerprint density at radius 1 is 1.83 bits per heavy atom. The SMILES string of the molecule is [NH]C(=O)C(=NO)c1csc(N)n1. The first-order chi connectivity index (χ1) is 5.65. The van der Waals surface area contributed by atoms with Crippen LogP contribution in [0.25, 0.3) is 0 Å². The summed E-state index contributed by atoms with van der Waals surface area (Å²) in [4.78, 5) is 14.2. The summed E-state index contributed by atoms with van der Waals surface area (Å²) in [5.41, 5.74) is 11.7. The number of nitrogens with two attached hydrogens (primary N) is 1. The first-order valence-corrected chi connectivity index (χ1v) is 3.72. The largest absolute Gasteiger partial charge is 0.410 e. The number of carbonyl (C=O) groups excluding carboxylic acids is 1. The number of amides is 1. The Kier molecular flexibility index (Phi) is 2.24. The van der Waals surface area contributed by atoms with Gasteiger partial charge >= 0.3 is 0 Å². The van der Waals surface area contributed by atoms with Crippen molar-refractivity contribution in [2.45, 2.75) is 0 Å². The zero-order valence-corrected chi connectivity index (χ0v) is 6.63. The highest BCUT2D eigenvalue weighted by Gasteiger charge is 2.14. The summed E-state index contributed by atoms with van der Waals surface area (Å²) in [5.74, 6) is -1.09. The molecule has 7 heteroatoms. The average molecular weight is 185 g/mol. The maximum absolute atomic E-state index is 10.5. The number of nitrogens with zero attached hydrogens (tertiary/aromatic N) is 2. The number of carbonyl (C=O) groups is 1. The molecule has 0 bridgehead atoms. The van der Waals surface area contributed by atoms with Crippen molar-refractivity contribution in [2.24, 2.45) is 5.16 Å². The van der Waals surface area contributed by atoms with Gasteiger partial charge in [0.25, 0.3) is 5.91 Å². The number of aromatic nitrogens is 1. The monoisotopic (exact) mass is 185 g/mol. The smallest absolute Gasteiger partial charge is 0.294 e.